The smallest absolute Gasteiger partial charge is 0.306 e. The van der Waals surface area contributed by atoms with Crippen LogP contribution in [0.25, 0.3) is 0 Å². The lowest BCUT2D eigenvalue weighted by Gasteiger charge is -2.04. The van der Waals surface area contributed by atoms with Crippen molar-refractivity contribution in [2.24, 2.45) is 0 Å². The Morgan fingerprint density at radius 1 is 1.33 bits per heavy atom. The number of halogens is 3. The second-order valence-electron chi connectivity index (χ2n) is 2.32. The Morgan fingerprint density at radius 2 is 2.00 bits per heavy atom. The van der Waals surface area contributed by atoms with Crippen LogP contribution < -0.4 is 5.32 Å². The topological polar surface area (TPSA) is 12.0 Å². The third-order valence-corrected chi connectivity index (χ3v) is 1.20. The molecule has 0 aliphatic carbocycles. The number of alkyl halides is 3. The summed E-state index contributed by atoms with van der Waals surface area (Å²) in [5.41, 5.74) is 0. The molecular weight excluding hydrogens is 167 g/mol. The van der Waals surface area contributed by atoms with Crippen LogP contribution in [0.15, 0.2) is 0 Å². The van der Waals surface area contributed by atoms with Gasteiger partial charge in [0.1, 0.15) is 0 Å². The van der Waals surface area contributed by atoms with Crippen molar-refractivity contribution in [1.29, 1.82) is 0 Å². The molecule has 0 amide bonds. The van der Waals surface area contributed by atoms with Gasteiger partial charge in [0.25, 0.3) is 0 Å². The van der Waals surface area contributed by atoms with Crippen molar-refractivity contribution >= 4 is 0 Å². The minimum atomic E-state index is -4.03. The van der Waals surface area contributed by atoms with Gasteiger partial charge < -0.3 is 5.32 Å². The molecule has 4 heteroatoms. The molecule has 0 saturated carbocycles. The second kappa shape index (κ2) is 5.90. The van der Waals surface area contributed by atoms with E-state index in [1.165, 1.54) is 0 Å². The van der Waals surface area contributed by atoms with Gasteiger partial charge in [0, 0.05) is 6.42 Å². The molecule has 1 N–H and O–H groups in total. The van der Waals surface area contributed by atoms with E-state index in [-0.39, 0.29) is 6.42 Å². The molecule has 1 nitrogen and oxygen atoms in total. The van der Waals surface area contributed by atoms with Crippen LogP contribution in [0.2, 0.25) is 0 Å². The minimum absolute atomic E-state index is 0.120. The van der Waals surface area contributed by atoms with Gasteiger partial charge in [-0.05, 0) is 19.9 Å². The number of hydrogen-bond acceptors (Lipinski definition) is 1. The fourth-order valence-corrected chi connectivity index (χ4v) is 0.653. The zero-order valence-corrected chi connectivity index (χ0v) is 6.96. The molecule has 0 aliphatic rings. The van der Waals surface area contributed by atoms with Crippen LogP contribution in [0.4, 0.5) is 13.2 Å². The van der Waals surface area contributed by atoms with Gasteiger partial charge in [-0.15, -0.1) is 5.92 Å². The molecule has 0 aromatic rings. The van der Waals surface area contributed by atoms with Gasteiger partial charge in [0.15, 0.2) is 0 Å². The molecule has 0 radical (unpaired) electrons. The van der Waals surface area contributed by atoms with Gasteiger partial charge in [-0.1, -0.05) is 5.92 Å². The molecule has 0 saturated heterocycles. The Bertz CT molecular complexity index is 163. The summed E-state index contributed by atoms with van der Waals surface area (Å²) in [6, 6.07) is 0. The van der Waals surface area contributed by atoms with Crippen LogP contribution in [-0.2, 0) is 0 Å². The highest BCUT2D eigenvalue weighted by atomic mass is 19.4. The largest absolute Gasteiger partial charge is 0.389 e. The Morgan fingerprint density at radius 3 is 2.50 bits per heavy atom. The zero-order valence-electron chi connectivity index (χ0n) is 6.96. The normalized spacial score (nSPS) is 10.7. The third-order valence-electron chi connectivity index (χ3n) is 1.20. The Kier molecular flexibility index (Phi) is 5.56. The Balaban J connectivity index is 3.15. The van der Waals surface area contributed by atoms with Crippen LogP contribution in [0.1, 0.15) is 19.8 Å². The molecule has 0 aliphatic heterocycles. The van der Waals surface area contributed by atoms with Crippen molar-refractivity contribution in [3.05, 3.63) is 0 Å². The third kappa shape index (κ3) is 9.31. The lowest BCUT2D eigenvalue weighted by molar-refractivity contribution is -0.135. The van der Waals surface area contributed by atoms with Gasteiger partial charge in [0.2, 0.25) is 0 Å². The SMILES string of the molecule is CC#CCNCCCC(F)(F)F. The fourth-order valence-electron chi connectivity index (χ4n) is 0.653. The maximum atomic E-state index is 11.6. The standard InChI is InChI=1S/C8H12F3N/c1-2-3-6-12-7-4-5-8(9,10)11/h12H,4-7H2,1H3. The van der Waals surface area contributed by atoms with E-state index in [0.29, 0.717) is 13.1 Å². The molecule has 0 bridgehead atoms. The van der Waals surface area contributed by atoms with E-state index in [4.69, 9.17) is 0 Å². The molecule has 0 unspecified atom stereocenters. The first-order chi connectivity index (χ1) is 5.56. The Hall–Kier alpha value is -0.690. The van der Waals surface area contributed by atoms with Gasteiger partial charge in [0.05, 0.1) is 6.54 Å². The molecule has 0 heterocycles. The van der Waals surface area contributed by atoms with Crippen molar-refractivity contribution in [1.82, 2.24) is 5.32 Å². The lowest BCUT2D eigenvalue weighted by Crippen LogP contribution is -2.18. The predicted molar refractivity (Wildman–Crippen MR) is 41.6 cm³/mol. The van der Waals surface area contributed by atoms with Gasteiger partial charge in [-0.3, -0.25) is 0 Å². The minimum Gasteiger partial charge on any atom is -0.306 e. The highest BCUT2D eigenvalue weighted by molar-refractivity contribution is 4.96. The molecule has 12 heavy (non-hydrogen) atoms. The van der Waals surface area contributed by atoms with Crippen LogP contribution in [0.5, 0.6) is 0 Å². The summed E-state index contributed by atoms with van der Waals surface area (Å²) in [5.74, 6) is 5.34. The average Bonchev–Trinajstić information content (AvgIpc) is 1.94. The number of rotatable bonds is 4. The van der Waals surface area contributed by atoms with E-state index in [9.17, 15) is 13.2 Å². The quantitative estimate of drug-likeness (QED) is 0.513. The molecule has 0 aromatic carbocycles. The number of hydrogen-bond donors (Lipinski definition) is 1. The summed E-state index contributed by atoms with van der Waals surface area (Å²) in [6.45, 7) is 2.53. The number of nitrogens with one attached hydrogen (secondary N) is 1. The monoisotopic (exact) mass is 179 g/mol. The first-order valence-corrected chi connectivity index (χ1v) is 3.73. The van der Waals surface area contributed by atoms with Gasteiger partial charge >= 0.3 is 6.18 Å². The summed E-state index contributed by atoms with van der Waals surface area (Å²) in [5, 5.41) is 2.79. The molecule has 0 atom stereocenters. The van der Waals surface area contributed by atoms with E-state index in [1.54, 1.807) is 6.92 Å². The second-order valence-corrected chi connectivity index (χ2v) is 2.32. The summed E-state index contributed by atoms with van der Waals surface area (Å²) in [6.07, 6.45) is -4.63. The van der Waals surface area contributed by atoms with E-state index in [1.807, 2.05) is 0 Å². The Labute approximate surface area is 70.3 Å². The van der Waals surface area contributed by atoms with Crippen molar-refractivity contribution in [3.8, 4) is 11.8 Å². The predicted octanol–water partition coefficient (Wildman–Crippen LogP) is 1.94. The van der Waals surface area contributed by atoms with Gasteiger partial charge in [-0.2, -0.15) is 13.2 Å². The maximum Gasteiger partial charge on any atom is 0.389 e. The lowest BCUT2D eigenvalue weighted by atomic mass is 10.3. The van der Waals surface area contributed by atoms with Crippen LogP contribution in [-0.4, -0.2) is 19.3 Å². The van der Waals surface area contributed by atoms with E-state index >= 15 is 0 Å². The molecule has 0 aromatic heterocycles. The first-order valence-electron chi connectivity index (χ1n) is 3.73. The summed E-state index contributed by atoms with van der Waals surface area (Å²) >= 11 is 0. The highest BCUT2D eigenvalue weighted by Gasteiger charge is 2.25. The van der Waals surface area contributed by atoms with E-state index < -0.39 is 12.6 Å². The van der Waals surface area contributed by atoms with Crippen molar-refractivity contribution < 1.29 is 13.2 Å². The van der Waals surface area contributed by atoms with Crippen molar-refractivity contribution in [2.45, 2.75) is 25.9 Å². The highest BCUT2D eigenvalue weighted by Crippen LogP contribution is 2.20. The van der Waals surface area contributed by atoms with E-state index in [2.05, 4.69) is 17.2 Å². The van der Waals surface area contributed by atoms with Crippen molar-refractivity contribution in [3.63, 3.8) is 0 Å². The zero-order chi connectivity index (χ0) is 9.45. The van der Waals surface area contributed by atoms with Crippen LogP contribution in [0.3, 0.4) is 0 Å². The summed E-state index contributed by atoms with van der Waals surface area (Å²) < 4.78 is 34.7. The summed E-state index contributed by atoms with van der Waals surface area (Å²) in [4.78, 5) is 0. The van der Waals surface area contributed by atoms with E-state index in [0.717, 1.165) is 0 Å². The molecule has 0 rings (SSSR count). The first kappa shape index (κ1) is 11.3. The van der Waals surface area contributed by atoms with Crippen LogP contribution >= 0.6 is 0 Å². The average molecular weight is 179 g/mol. The molecule has 70 valence electrons. The fraction of sp³-hybridized carbons (Fsp3) is 0.750. The van der Waals surface area contributed by atoms with Gasteiger partial charge in [-0.25, -0.2) is 0 Å². The van der Waals surface area contributed by atoms with Crippen LogP contribution in [0, 0.1) is 11.8 Å². The van der Waals surface area contributed by atoms with Crippen molar-refractivity contribution in [2.75, 3.05) is 13.1 Å². The molecule has 0 fully saturated rings. The molecular formula is C8H12F3N. The summed E-state index contributed by atoms with van der Waals surface area (Å²) in [7, 11) is 0. The maximum absolute atomic E-state index is 11.6. The molecule has 0 spiro atoms.